The minimum absolute atomic E-state index is 0.187. The Morgan fingerprint density at radius 1 is 1.10 bits per heavy atom. The van der Waals surface area contributed by atoms with Crippen LogP contribution in [-0.4, -0.2) is 25.9 Å². The first kappa shape index (κ1) is 21.0. The summed E-state index contributed by atoms with van der Waals surface area (Å²) < 4.78 is 1.68. The number of nitrogens with zero attached hydrogens (tertiary/aromatic N) is 3. The number of thiocarbonyl (C=S) groups is 1. The van der Waals surface area contributed by atoms with Gasteiger partial charge in [0.1, 0.15) is 5.82 Å². The molecule has 150 valence electrons. The Labute approximate surface area is 180 Å². The van der Waals surface area contributed by atoms with E-state index in [1.807, 2.05) is 37.3 Å². The van der Waals surface area contributed by atoms with E-state index in [-0.39, 0.29) is 11.0 Å². The molecule has 2 aromatic carbocycles. The molecule has 2 N–H and O–H groups in total. The third kappa shape index (κ3) is 5.65. The van der Waals surface area contributed by atoms with E-state index in [2.05, 4.69) is 46.9 Å². The summed E-state index contributed by atoms with van der Waals surface area (Å²) in [5.74, 6) is 1.56. The van der Waals surface area contributed by atoms with Gasteiger partial charge < -0.3 is 0 Å². The number of aryl methyl sites for hydroxylation is 1. The topological polar surface area (TPSA) is 71.8 Å². The van der Waals surface area contributed by atoms with Crippen molar-refractivity contribution in [2.24, 2.45) is 0 Å². The lowest BCUT2D eigenvalue weighted by Gasteiger charge is -2.13. The van der Waals surface area contributed by atoms with Crippen LogP contribution in [0, 0.1) is 6.92 Å². The van der Waals surface area contributed by atoms with Crippen molar-refractivity contribution in [3.63, 3.8) is 0 Å². The van der Waals surface area contributed by atoms with Gasteiger partial charge >= 0.3 is 0 Å². The van der Waals surface area contributed by atoms with Gasteiger partial charge in [0.15, 0.2) is 5.11 Å². The summed E-state index contributed by atoms with van der Waals surface area (Å²) in [5, 5.41) is 11.9. The number of rotatable bonds is 6. The van der Waals surface area contributed by atoms with Gasteiger partial charge in [0.2, 0.25) is 5.16 Å². The highest BCUT2D eigenvalue weighted by Crippen LogP contribution is 2.20. The molecule has 29 heavy (non-hydrogen) atoms. The largest absolute Gasteiger partial charge is 0.298 e. The number of carbonyl (C=O) groups excluding carboxylic acids is 1. The molecule has 6 nitrogen and oxygen atoms in total. The summed E-state index contributed by atoms with van der Waals surface area (Å²) in [5.41, 5.74) is 5.92. The number of benzene rings is 2. The predicted octanol–water partition coefficient (Wildman–Crippen LogP) is 4.26. The fourth-order valence-corrected chi connectivity index (χ4v) is 3.69. The Morgan fingerprint density at radius 3 is 2.45 bits per heavy atom. The molecule has 0 aliphatic carbocycles. The Hall–Kier alpha value is -2.71. The summed E-state index contributed by atoms with van der Waals surface area (Å²) in [6.07, 6.45) is 0. The Morgan fingerprint density at radius 2 is 1.79 bits per heavy atom. The lowest BCUT2D eigenvalue weighted by Crippen LogP contribution is -2.38. The van der Waals surface area contributed by atoms with Crippen LogP contribution in [0.4, 0.5) is 0 Å². The highest BCUT2D eigenvalue weighted by molar-refractivity contribution is 7.98. The average molecular weight is 426 g/mol. The highest BCUT2D eigenvalue weighted by Gasteiger charge is 2.13. The smallest absolute Gasteiger partial charge is 0.257 e. The molecule has 3 rings (SSSR count). The lowest BCUT2D eigenvalue weighted by molar-refractivity contribution is 0.0977. The highest BCUT2D eigenvalue weighted by atomic mass is 32.2. The minimum Gasteiger partial charge on any atom is -0.298 e. The van der Waals surface area contributed by atoms with Crippen molar-refractivity contribution in [2.75, 3.05) is 5.43 Å². The van der Waals surface area contributed by atoms with Crippen molar-refractivity contribution in [1.82, 2.24) is 20.2 Å². The van der Waals surface area contributed by atoms with Crippen LogP contribution in [0.3, 0.4) is 0 Å². The van der Waals surface area contributed by atoms with Crippen molar-refractivity contribution >= 4 is 35.0 Å². The molecule has 1 amide bonds. The SMILES string of the molecule is Cc1nnc(SCc2ccccc2)n1NC(=S)NC(=O)c1ccc(C(C)C)cc1. The van der Waals surface area contributed by atoms with E-state index in [4.69, 9.17) is 12.2 Å². The van der Waals surface area contributed by atoms with Gasteiger partial charge in [0, 0.05) is 11.3 Å². The summed E-state index contributed by atoms with van der Waals surface area (Å²) in [6, 6.07) is 17.6. The van der Waals surface area contributed by atoms with Crippen LogP contribution in [0.15, 0.2) is 59.8 Å². The van der Waals surface area contributed by atoms with Gasteiger partial charge in [0.25, 0.3) is 5.91 Å². The van der Waals surface area contributed by atoms with E-state index >= 15 is 0 Å². The Balaban J connectivity index is 1.61. The molecular weight excluding hydrogens is 402 g/mol. The number of hydrogen-bond donors (Lipinski definition) is 2. The van der Waals surface area contributed by atoms with Crippen molar-refractivity contribution in [3.05, 3.63) is 77.1 Å². The molecule has 0 fully saturated rings. The number of carbonyl (C=O) groups is 1. The van der Waals surface area contributed by atoms with E-state index in [1.54, 1.807) is 16.8 Å². The van der Waals surface area contributed by atoms with Crippen LogP contribution in [0.25, 0.3) is 0 Å². The van der Waals surface area contributed by atoms with Gasteiger partial charge in [-0.05, 0) is 48.3 Å². The molecule has 0 bridgehead atoms. The number of amides is 1. The molecule has 3 aromatic rings. The molecule has 0 saturated carbocycles. The molecule has 1 aromatic heterocycles. The quantitative estimate of drug-likeness (QED) is 0.454. The van der Waals surface area contributed by atoms with E-state index in [1.165, 1.54) is 22.9 Å². The Kier molecular flexibility index (Phi) is 7.00. The first-order chi connectivity index (χ1) is 13.9. The van der Waals surface area contributed by atoms with E-state index in [9.17, 15) is 4.79 Å². The summed E-state index contributed by atoms with van der Waals surface area (Å²) >= 11 is 6.85. The standard InChI is InChI=1S/C21H23N5OS2/c1-14(2)17-9-11-18(12-10-17)19(27)22-20(28)25-26-15(3)23-24-21(26)29-13-16-7-5-4-6-8-16/h4-12,14H,13H2,1-3H3,(H2,22,25,27,28). The number of aromatic nitrogens is 3. The van der Waals surface area contributed by atoms with Gasteiger partial charge in [-0.3, -0.25) is 15.5 Å². The maximum Gasteiger partial charge on any atom is 0.257 e. The van der Waals surface area contributed by atoms with Crippen molar-refractivity contribution < 1.29 is 4.79 Å². The molecular formula is C21H23N5OS2. The van der Waals surface area contributed by atoms with Gasteiger partial charge in [-0.2, -0.15) is 0 Å². The fourth-order valence-electron chi connectivity index (χ4n) is 2.61. The van der Waals surface area contributed by atoms with Crippen LogP contribution in [0.2, 0.25) is 0 Å². The van der Waals surface area contributed by atoms with Crippen LogP contribution in [0.1, 0.15) is 47.1 Å². The van der Waals surface area contributed by atoms with Gasteiger partial charge in [-0.15, -0.1) is 10.2 Å². The third-order valence-corrected chi connectivity index (χ3v) is 5.48. The monoisotopic (exact) mass is 425 g/mol. The molecule has 0 unspecified atom stereocenters. The molecule has 0 aliphatic rings. The van der Waals surface area contributed by atoms with E-state index in [0.717, 1.165) is 5.75 Å². The van der Waals surface area contributed by atoms with Gasteiger partial charge in [-0.25, -0.2) is 4.68 Å². The van der Waals surface area contributed by atoms with E-state index < -0.39 is 0 Å². The molecule has 0 radical (unpaired) electrons. The predicted molar refractivity (Wildman–Crippen MR) is 121 cm³/mol. The third-order valence-electron chi connectivity index (χ3n) is 4.29. The minimum atomic E-state index is -0.262. The maximum atomic E-state index is 12.5. The molecule has 0 atom stereocenters. The van der Waals surface area contributed by atoms with Crippen LogP contribution in [0.5, 0.6) is 0 Å². The molecule has 1 heterocycles. The zero-order valence-corrected chi connectivity index (χ0v) is 18.2. The molecule has 0 spiro atoms. The van der Waals surface area contributed by atoms with Crippen LogP contribution >= 0.6 is 24.0 Å². The zero-order chi connectivity index (χ0) is 20.8. The maximum absolute atomic E-state index is 12.5. The summed E-state index contributed by atoms with van der Waals surface area (Å²) in [6.45, 7) is 6.05. The van der Waals surface area contributed by atoms with Crippen LogP contribution in [-0.2, 0) is 5.75 Å². The first-order valence-electron chi connectivity index (χ1n) is 9.25. The number of hydrogen-bond acceptors (Lipinski definition) is 5. The van der Waals surface area contributed by atoms with Gasteiger partial charge in [-0.1, -0.05) is 68.1 Å². The van der Waals surface area contributed by atoms with E-state index in [0.29, 0.717) is 22.5 Å². The molecule has 0 aliphatic heterocycles. The normalized spacial score (nSPS) is 10.8. The molecule has 8 heteroatoms. The number of thioether (sulfide) groups is 1. The van der Waals surface area contributed by atoms with Crippen molar-refractivity contribution in [2.45, 2.75) is 37.6 Å². The first-order valence-corrected chi connectivity index (χ1v) is 10.6. The number of nitrogens with one attached hydrogen (secondary N) is 2. The fraction of sp³-hybridized carbons (Fsp3) is 0.238. The second-order valence-electron chi connectivity index (χ2n) is 6.81. The van der Waals surface area contributed by atoms with Crippen molar-refractivity contribution in [3.8, 4) is 0 Å². The summed E-state index contributed by atoms with van der Waals surface area (Å²) in [7, 11) is 0. The lowest BCUT2D eigenvalue weighted by atomic mass is 10.0. The second-order valence-corrected chi connectivity index (χ2v) is 8.16. The zero-order valence-electron chi connectivity index (χ0n) is 16.5. The average Bonchev–Trinajstić information content (AvgIpc) is 3.06. The van der Waals surface area contributed by atoms with Crippen LogP contribution < -0.4 is 10.7 Å². The van der Waals surface area contributed by atoms with Gasteiger partial charge in [0.05, 0.1) is 0 Å². The van der Waals surface area contributed by atoms with Crippen molar-refractivity contribution in [1.29, 1.82) is 0 Å². The summed E-state index contributed by atoms with van der Waals surface area (Å²) in [4.78, 5) is 12.5. The molecule has 0 saturated heterocycles. The Bertz CT molecular complexity index is 984. The second kappa shape index (κ2) is 9.67.